The van der Waals surface area contributed by atoms with Crippen molar-refractivity contribution in [2.75, 3.05) is 11.9 Å². The highest BCUT2D eigenvalue weighted by molar-refractivity contribution is 5.91. The lowest BCUT2D eigenvalue weighted by Gasteiger charge is -2.58. The van der Waals surface area contributed by atoms with E-state index in [1.54, 1.807) is 0 Å². The van der Waals surface area contributed by atoms with Crippen LogP contribution < -0.4 is 4.90 Å². The molecule has 3 saturated carbocycles. The van der Waals surface area contributed by atoms with Gasteiger partial charge in [-0.1, -0.05) is 43.4 Å². The van der Waals surface area contributed by atoms with Crippen LogP contribution in [0.2, 0.25) is 0 Å². The normalized spacial score (nSPS) is 38.5. The molecular formula is C35H49NO2. The van der Waals surface area contributed by atoms with E-state index in [0.29, 0.717) is 47.8 Å². The van der Waals surface area contributed by atoms with E-state index in [1.807, 2.05) is 6.08 Å². The number of hydrogen-bond acceptors (Lipinski definition) is 3. The van der Waals surface area contributed by atoms with Crippen molar-refractivity contribution in [2.45, 2.75) is 105 Å². The molecule has 0 bridgehead atoms. The maximum Gasteiger partial charge on any atom is 0.155 e. The molecule has 206 valence electrons. The third-order valence-corrected chi connectivity index (χ3v) is 11.0. The third-order valence-electron chi connectivity index (χ3n) is 11.0. The van der Waals surface area contributed by atoms with E-state index in [-0.39, 0.29) is 16.7 Å². The average molecular weight is 516 g/mol. The van der Waals surface area contributed by atoms with Crippen LogP contribution in [0, 0.1) is 52.3 Å². The topological polar surface area (TPSA) is 40.5 Å². The fourth-order valence-corrected chi connectivity index (χ4v) is 8.79. The van der Waals surface area contributed by atoms with Crippen molar-refractivity contribution in [2.24, 2.45) is 40.4 Å². The maximum absolute atomic E-state index is 12.4. The van der Waals surface area contributed by atoms with E-state index in [1.165, 1.54) is 16.8 Å². The van der Waals surface area contributed by atoms with Gasteiger partial charge in [-0.2, -0.15) is 0 Å². The largest absolute Gasteiger partial charge is 0.377 e. The van der Waals surface area contributed by atoms with E-state index in [4.69, 9.17) is 0 Å². The molecule has 0 amide bonds. The molecule has 3 fully saturated rings. The molecule has 0 spiro atoms. The summed E-state index contributed by atoms with van der Waals surface area (Å²) in [5.41, 5.74) is 2.67. The Kier molecular flexibility index (Phi) is 6.91. The van der Waals surface area contributed by atoms with E-state index < -0.39 is 5.60 Å². The summed E-state index contributed by atoms with van der Waals surface area (Å²) in [5, 5.41) is 12.4. The van der Waals surface area contributed by atoms with E-state index >= 15 is 0 Å². The minimum absolute atomic E-state index is 0.141. The summed E-state index contributed by atoms with van der Waals surface area (Å²) >= 11 is 0. The summed E-state index contributed by atoms with van der Waals surface area (Å²) < 4.78 is 0. The van der Waals surface area contributed by atoms with E-state index in [0.717, 1.165) is 32.1 Å². The van der Waals surface area contributed by atoms with Crippen LogP contribution in [0.4, 0.5) is 5.69 Å². The van der Waals surface area contributed by atoms with Gasteiger partial charge in [0, 0.05) is 36.0 Å². The Morgan fingerprint density at radius 1 is 1.08 bits per heavy atom. The number of ketones is 1. The highest BCUT2D eigenvalue weighted by Crippen LogP contribution is 2.69. The first-order chi connectivity index (χ1) is 17.7. The van der Waals surface area contributed by atoms with Gasteiger partial charge in [0.2, 0.25) is 0 Å². The van der Waals surface area contributed by atoms with Gasteiger partial charge in [0.25, 0.3) is 0 Å². The Balaban J connectivity index is 1.60. The molecule has 0 saturated heterocycles. The smallest absolute Gasteiger partial charge is 0.155 e. The summed E-state index contributed by atoms with van der Waals surface area (Å²) in [6, 6.07) is 9.71. The number of carbonyl (C=O) groups excluding carboxylic acids is 1. The first-order valence-electron chi connectivity index (χ1n) is 15.1. The number of benzene rings is 1. The Labute approximate surface area is 231 Å². The van der Waals surface area contributed by atoms with Gasteiger partial charge in [-0.3, -0.25) is 4.79 Å². The van der Waals surface area contributed by atoms with Crippen molar-refractivity contribution in [3.63, 3.8) is 0 Å². The molecule has 0 heterocycles. The third kappa shape index (κ3) is 4.46. The van der Waals surface area contributed by atoms with Gasteiger partial charge in [-0.25, -0.2) is 0 Å². The second-order valence-corrected chi connectivity index (χ2v) is 14.6. The molecule has 5 rings (SSSR count). The minimum atomic E-state index is -0.982. The molecule has 0 aromatic heterocycles. The molecule has 4 aliphatic carbocycles. The lowest BCUT2D eigenvalue weighted by atomic mass is 9.46. The summed E-state index contributed by atoms with van der Waals surface area (Å²) in [4.78, 5) is 14.7. The van der Waals surface area contributed by atoms with Crippen LogP contribution in [0.3, 0.4) is 0 Å². The molecule has 38 heavy (non-hydrogen) atoms. The van der Waals surface area contributed by atoms with Crippen LogP contribution in [-0.4, -0.2) is 29.6 Å². The van der Waals surface area contributed by atoms with Crippen molar-refractivity contribution in [1.29, 1.82) is 0 Å². The lowest BCUT2D eigenvalue weighted by molar-refractivity contribution is -0.117. The van der Waals surface area contributed by atoms with Gasteiger partial charge in [-0.05, 0) is 126 Å². The zero-order valence-electron chi connectivity index (χ0n) is 25.0. The van der Waals surface area contributed by atoms with Crippen molar-refractivity contribution in [3.8, 4) is 11.8 Å². The number of nitrogens with zero attached hydrogens (tertiary/aromatic N) is 1. The number of rotatable bonds is 3. The molecule has 1 aromatic rings. The molecule has 4 aliphatic rings. The second kappa shape index (κ2) is 9.55. The zero-order chi connectivity index (χ0) is 27.6. The maximum atomic E-state index is 12.4. The fourth-order valence-electron chi connectivity index (χ4n) is 8.79. The standard InChI is InChI=1S/C35H49NO2/c1-22(2)36(8)26-12-9-24(10-13-26)30-21-34(7)31(19-23(3)35(34,38)18-17-33(4,5)6)29-15-11-25-20-27(37)14-16-28(25)32(29)30/h9-10,12-13,20,22-23,28-32,38H,11,14-16,19,21H2,1-8H3/t23-,28-,29-,30+,31-,32+,34-,35-/m0/s1. The molecule has 1 aromatic carbocycles. The lowest BCUT2D eigenvalue weighted by Crippen LogP contribution is -2.55. The summed E-state index contributed by atoms with van der Waals surface area (Å²) in [5.74, 6) is 9.80. The number of hydrogen-bond donors (Lipinski definition) is 1. The molecule has 3 heteroatoms. The van der Waals surface area contributed by atoms with Crippen LogP contribution in [0.15, 0.2) is 35.9 Å². The van der Waals surface area contributed by atoms with Crippen molar-refractivity contribution < 1.29 is 9.90 Å². The first-order valence-corrected chi connectivity index (χ1v) is 15.1. The predicted molar refractivity (Wildman–Crippen MR) is 157 cm³/mol. The van der Waals surface area contributed by atoms with Gasteiger partial charge in [0.1, 0.15) is 5.60 Å². The summed E-state index contributed by atoms with van der Waals surface area (Å²) in [6.45, 7) is 15.4. The molecule has 3 nitrogen and oxygen atoms in total. The Morgan fingerprint density at radius 3 is 2.39 bits per heavy atom. The van der Waals surface area contributed by atoms with Gasteiger partial charge in [0.15, 0.2) is 5.78 Å². The fraction of sp³-hybridized carbons (Fsp3) is 0.686. The number of anilines is 1. The van der Waals surface area contributed by atoms with Crippen molar-refractivity contribution in [3.05, 3.63) is 41.5 Å². The molecule has 1 N–H and O–H groups in total. The molecule has 0 radical (unpaired) electrons. The van der Waals surface area contributed by atoms with Crippen LogP contribution in [0.1, 0.15) is 98.5 Å². The Hall–Kier alpha value is -2.05. The van der Waals surface area contributed by atoms with Gasteiger partial charge < -0.3 is 10.0 Å². The Bertz CT molecular complexity index is 1160. The number of aliphatic hydroxyl groups is 1. The van der Waals surface area contributed by atoms with Crippen LogP contribution in [-0.2, 0) is 4.79 Å². The average Bonchev–Trinajstić information content (AvgIpc) is 3.06. The van der Waals surface area contributed by atoms with Crippen molar-refractivity contribution in [1.82, 2.24) is 0 Å². The number of allylic oxidation sites excluding steroid dienone is 1. The Morgan fingerprint density at radius 2 is 1.76 bits per heavy atom. The summed E-state index contributed by atoms with van der Waals surface area (Å²) in [6.07, 6.45) is 7.83. The SMILES string of the molecule is CC(C)N(C)c1ccc([C@H]2C[C@@]3(C)[C@@H](C[C@H](C)[C@@]3(O)C#CC(C)(C)C)[C@@H]3CCC4=CC(=O)CC[C@@H]4[C@H]32)cc1. The predicted octanol–water partition coefficient (Wildman–Crippen LogP) is 7.39. The van der Waals surface area contributed by atoms with Gasteiger partial charge >= 0.3 is 0 Å². The van der Waals surface area contributed by atoms with Crippen molar-refractivity contribution >= 4 is 11.5 Å². The van der Waals surface area contributed by atoms with Crippen LogP contribution >= 0.6 is 0 Å². The minimum Gasteiger partial charge on any atom is -0.377 e. The molecular weight excluding hydrogens is 466 g/mol. The quantitative estimate of drug-likeness (QED) is 0.427. The second-order valence-electron chi connectivity index (χ2n) is 14.6. The highest BCUT2D eigenvalue weighted by atomic mass is 16.3. The van der Waals surface area contributed by atoms with Gasteiger partial charge in [0.05, 0.1) is 0 Å². The monoisotopic (exact) mass is 515 g/mol. The molecule has 8 atom stereocenters. The van der Waals surface area contributed by atoms with E-state index in [9.17, 15) is 9.90 Å². The van der Waals surface area contributed by atoms with Crippen LogP contribution in [0.25, 0.3) is 0 Å². The number of carbonyl (C=O) groups is 1. The first kappa shape index (κ1) is 27.5. The highest BCUT2D eigenvalue weighted by Gasteiger charge is 2.67. The van der Waals surface area contributed by atoms with Crippen LogP contribution in [0.5, 0.6) is 0 Å². The number of fused-ring (bicyclic) bond motifs is 5. The molecule has 0 aliphatic heterocycles. The van der Waals surface area contributed by atoms with E-state index in [2.05, 4.69) is 96.5 Å². The van der Waals surface area contributed by atoms with Gasteiger partial charge in [-0.15, -0.1) is 0 Å². The molecule has 0 unspecified atom stereocenters. The zero-order valence-corrected chi connectivity index (χ0v) is 25.0. The summed E-state index contributed by atoms with van der Waals surface area (Å²) in [7, 11) is 2.16.